The van der Waals surface area contributed by atoms with Gasteiger partial charge in [0.15, 0.2) is 0 Å². The molecular weight excluding hydrogens is 508 g/mol. The summed E-state index contributed by atoms with van der Waals surface area (Å²) in [5.41, 5.74) is 2.85. The first-order valence-electron chi connectivity index (χ1n) is 13.7. The third kappa shape index (κ3) is 11.0. The van der Waals surface area contributed by atoms with Gasteiger partial charge in [0, 0.05) is 26.2 Å². The van der Waals surface area contributed by atoms with E-state index in [0.717, 1.165) is 48.1 Å². The van der Waals surface area contributed by atoms with Gasteiger partial charge in [-0.15, -0.1) is 0 Å². The van der Waals surface area contributed by atoms with Gasteiger partial charge in [0.05, 0.1) is 13.7 Å². The first kappa shape index (κ1) is 30.5. The fraction of sp³-hybridized carbons (Fsp3) is 0.375. The van der Waals surface area contributed by atoms with E-state index in [4.69, 9.17) is 14.2 Å². The molecule has 0 fully saturated rings. The van der Waals surface area contributed by atoms with E-state index in [1.807, 2.05) is 84.9 Å². The number of carbonyl (C=O) groups is 2. The van der Waals surface area contributed by atoms with Gasteiger partial charge < -0.3 is 29.1 Å². The highest BCUT2D eigenvalue weighted by atomic mass is 16.6. The molecule has 3 aromatic rings. The van der Waals surface area contributed by atoms with Crippen molar-refractivity contribution in [2.24, 2.45) is 0 Å². The maximum absolute atomic E-state index is 13.0. The van der Waals surface area contributed by atoms with E-state index in [1.54, 1.807) is 16.9 Å². The van der Waals surface area contributed by atoms with Gasteiger partial charge >= 0.3 is 12.2 Å². The Morgan fingerprint density at radius 1 is 0.625 bits per heavy atom. The number of hydrogen-bond acceptors (Lipinski definition) is 6. The molecule has 0 unspecified atom stereocenters. The number of ether oxygens (including phenoxy) is 3. The molecule has 0 aliphatic carbocycles. The summed E-state index contributed by atoms with van der Waals surface area (Å²) in [6.07, 6.45) is 2.56. The smallest absolute Gasteiger partial charge is 0.410 e. The molecule has 0 aromatic heterocycles. The van der Waals surface area contributed by atoms with Crippen molar-refractivity contribution in [1.29, 1.82) is 0 Å². The topological polar surface area (TPSA) is 88.5 Å². The number of unbranched alkanes of at least 4 members (excludes halogenated alkanes) is 3. The van der Waals surface area contributed by atoms with E-state index in [2.05, 4.69) is 0 Å². The zero-order valence-electron chi connectivity index (χ0n) is 23.2. The maximum Gasteiger partial charge on any atom is 0.410 e. The lowest BCUT2D eigenvalue weighted by Crippen LogP contribution is -2.35. The largest absolute Gasteiger partial charge is 0.497 e. The lowest BCUT2D eigenvalue weighted by atomic mass is 10.1. The zero-order chi connectivity index (χ0) is 28.4. The summed E-state index contributed by atoms with van der Waals surface area (Å²) in [7, 11) is 1.62. The SMILES string of the molecule is COc1ccc(CN(CCCCCCN(CCO)C(=O)OCc2ccccc2)C(=O)OCc2ccccc2)cc1. The zero-order valence-corrected chi connectivity index (χ0v) is 23.2. The van der Waals surface area contributed by atoms with Crippen LogP contribution in [0.2, 0.25) is 0 Å². The molecule has 0 heterocycles. The fourth-order valence-electron chi connectivity index (χ4n) is 4.18. The van der Waals surface area contributed by atoms with Crippen LogP contribution in [0, 0.1) is 0 Å². The van der Waals surface area contributed by atoms with Crippen molar-refractivity contribution in [3.05, 3.63) is 102 Å². The highest BCUT2D eigenvalue weighted by Crippen LogP contribution is 2.15. The van der Waals surface area contributed by atoms with Crippen LogP contribution in [-0.2, 0) is 29.2 Å². The van der Waals surface area contributed by atoms with Crippen LogP contribution >= 0.6 is 0 Å². The van der Waals surface area contributed by atoms with E-state index in [1.165, 1.54) is 0 Å². The van der Waals surface area contributed by atoms with Crippen LogP contribution in [0.5, 0.6) is 5.75 Å². The van der Waals surface area contributed by atoms with Crippen molar-refractivity contribution in [3.63, 3.8) is 0 Å². The van der Waals surface area contributed by atoms with E-state index in [-0.39, 0.29) is 32.5 Å². The van der Waals surface area contributed by atoms with E-state index < -0.39 is 6.09 Å². The normalized spacial score (nSPS) is 10.6. The molecule has 8 heteroatoms. The molecular formula is C32H40N2O6. The number of methoxy groups -OCH3 is 1. The number of aliphatic hydroxyl groups is 1. The summed E-state index contributed by atoms with van der Waals surface area (Å²) in [5.74, 6) is 0.765. The summed E-state index contributed by atoms with van der Waals surface area (Å²) in [5, 5.41) is 9.39. The quantitative estimate of drug-likeness (QED) is 0.220. The minimum absolute atomic E-state index is 0.119. The fourth-order valence-corrected chi connectivity index (χ4v) is 4.18. The minimum Gasteiger partial charge on any atom is -0.497 e. The average molecular weight is 549 g/mol. The molecule has 2 amide bonds. The first-order valence-corrected chi connectivity index (χ1v) is 13.7. The molecule has 0 atom stereocenters. The maximum atomic E-state index is 13.0. The second-order valence-electron chi connectivity index (χ2n) is 9.47. The van der Waals surface area contributed by atoms with Gasteiger partial charge in [-0.2, -0.15) is 0 Å². The van der Waals surface area contributed by atoms with Crippen LogP contribution in [0.4, 0.5) is 9.59 Å². The van der Waals surface area contributed by atoms with Crippen molar-refractivity contribution in [1.82, 2.24) is 9.80 Å². The minimum atomic E-state index is -0.426. The molecule has 3 rings (SSSR count). The van der Waals surface area contributed by atoms with E-state index >= 15 is 0 Å². The molecule has 0 radical (unpaired) electrons. The van der Waals surface area contributed by atoms with Gasteiger partial charge in [-0.1, -0.05) is 85.6 Å². The number of benzene rings is 3. The third-order valence-electron chi connectivity index (χ3n) is 6.44. The second kappa shape index (κ2) is 17.5. The van der Waals surface area contributed by atoms with E-state index in [0.29, 0.717) is 19.6 Å². The number of nitrogens with zero attached hydrogens (tertiary/aromatic N) is 2. The van der Waals surface area contributed by atoms with Crippen LogP contribution in [0.25, 0.3) is 0 Å². The molecule has 0 aliphatic heterocycles. The van der Waals surface area contributed by atoms with Crippen LogP contribution in [-0.4, -0.2) is 60.4 Å². The molecule has 3 aromatic carbocycles. The van der Waals surface area contributed by atoms with Crippen molar-refractivity contribution in [2.45, 2.75) is 45.4 Å². The Morgan fingerprint density at radius 2 is 1.12 bits per heavy atom. The molecule has 0 saturated heterocycles. The highest BCUT2D eigenvalue weighted by molar-refractivity contribution is 5.68. The molecule has 0 saturated carbocycles. The summed E-state index contributed by atoms with van der Waals surface area (Å²) >= 11 is 0. The van der Waals surface area contributed by atoms with Crippen molar-refractivity contribution in [3.8, 4) is 5.75 Å². The van der Waals surface area contributed by atoms with E-state index in [9.17, 15) is 14.7 Å². The number of aliphatic hydroxyl groups excluding tert-OH is 1. The average Bonchev–Trinajstić information content (AvgIpc) is 3.00. The Kier molecular flexibility index (Phi) is 13.4. The Labute approximate surface area is 237 Å². The summed E-state index contributed by atoms with van der Waals surface area (Å²) in [6, 6.07) is 26.8. The Morgan fingerprint density at radius 3 is 1.62 bits per heavy atom. The van der Waals surface area contributed by atoms with Gasteiger partial charge in [0.2, 0.25) is 0 Å². The van der Waals surface area contributed by atoms with Crippen molar-refractivity contribution >= 4 is 12.2 Å². The molecule has 0 aliphatic rings. The lowest BCUT2D eigenvalue weighted by Gasteiger charge is -2.23. The van der Waals surface area contributed by atoms with Gasteiger partial charge in [-0.25, -0.2) is 9.59 Å². The standard InChI is InChI=1S/C32H40N2O6/c1-38-30-18-16-27(17-19-30)24-34(32(37)40-26-29-14-8-5-9-15-29)21-11-3-2-10-20-33(22-23-35)31(36)39-25-28-12-6-4-7-13-28/h4-9,12-19,35H,2-3,10-11,20-26H2,1H3. The molecule has 8 nitrogen and oxygen atoms in total. The van der Waals surface area contributed by atoms with Crippen LogP contribution in [0.1, 0.15) is 42.4 Å². The third-order valence-corrected chi connectivity index (χ3v) is 6.44. The summed E-state index contributed by atoms with van der Waals surface area (Å²) in [6.45, 7) is 2.03. The molecule has 0 bridgehead atoms. The molecule has 1 N–H and O–H groups in total. The first-order chi connectivity index (χ1) is 19.6. The number of amides is 2. The van der Waals surface area contributed by atoms with Crippen molar-refractivity contribution in [2.75, 3.05) is 33.4 Å². The number of carbonyl (C=O) groups excluding carboxylic acids is 2. The summed E-state index contributed by atoms with van der Waals surface area (Å²) < 4.78 is 16.3. The lowest BCUT2D eigenvalue weighted by molar-refractivity contribution is 0.0871. The van der Waals surface area contributed by atoms with Crippen LogP contribution in [0.15, 0.2) is 84.9 Å². The van der Waals surface area contributed by atoms with Gasteiger partial charge in [-0.3, -0.25) is 0 Å². The van der Waals surface area contributed by atoms with Gasteiger partial charge in [-0.05, 0) is 41.7 Å². The predicted molar refractivity (Wildman–Crippen MR) is 154 cm³/mol. The Balaban J connectivity index is 1.44. The van der Waals surface area contributed by atoms with Crippen molar-refractivity contribution < 1.29 is 28.9 Å². The highest BCUT2D eigenvalue weighted by Gasteiger charge is 2.17. The molecule has 0 spiro atoms. The Hall–Kier alpha value is -4.04. The monoisotopic (exact) mass is 548 g/mol. The predicted octanol–water partition coefficient (Wildman–Crippen LogP) is 6.03. The second-order valence-corrected chi connectivity index (χ2v) is 9.47. The van der Waals surface area contributed by atoms with Gasteiger partial charge in [0.25, 0.3) is 0 Å². The molecule has 214 valence electrons. The number of rotatable bonds is 16. The molecule has 40 heavy (non-hydrogen) atoms. The number of hydrogen-bond donors (Lipinski definition) is 1. The summed E-state index contributed by atoms with van der Waals surface area (Å²) in [4.78, 5) is 28.7. The van der Waals surface area contributed by atoms with Crippen LogP contribution < -0.4 is 4.74 Å². The Bertz CT molecular complexity index is 1130. The van der Waals surface area contributed by atoms with Gasteiger partial charge in [0.1, 0.15) is 19.0 Å². The van der Waals surface area contributed by atoms with Crippen LogP contribution in [0.3, 0.4) is 0 Å².